The molecular weight excluding hydrogens is 146 g/mol. The summed E-state index contributed by atoms with van der Waals surface area (Å²) in [5, 5.41) is 16.6. The van der Waals surface area contributed by atoms with Gasteiger partial charge in [-0.25, -0.2) is 0 Å². The van der Waals surface area contributed by atoms with Gasteiger partial charge in [-0.3, -0.25) is 4.79 Å². The standard InChI is InChI=1S/C4H9NO3.ClH/c1-2(6)3(5)4(7)8;/h2-3,6H,5H2,1H3,(H,7,8);1H. The van der Waals surface area contributed by atoms with Gasteiger partial charge in [-0.1, -0.05) is 0 Å². The molecule has 0 saturated carbocycles. The van der Waals surface area contributed by atoms with Crippen molar-refractivity contribution in [1.29, 1.82) is 0 Å². The molecule has 9 heavy (non-hydrogen) atoms. The normalized spacial score (nSPS) is 15.4. The van der Waals surface area contributed by atoms with Crippen molar-refractivity contribution in [3.8, 4) is 0 Å². The average molecular weight is 156 g/mol. The first kappa shape index (κ1) is 11.5. The van der Waals surface area contributed by atoms with Gasteiger partial charge in [0.05, 0.1) is 6.10 Å². The van der Waals surface area contributed by atoms with E-state index >= 15 is 0 Å². The smallest absolute Gasteiger partial charge is 0.323 e. The van der Waals surface area contributed by atoms with Gasteiger partial charge in [-0.2, -0.15) is 0 Å². The summed E-state index contributed by atoms with van der Waals surface area (Å²) in [5.74, 6) is -1.18. The zero-order chi connectivity index (χ0) is 6.73. The number of carbonyl (C=O) groups is 1. The molecule has 56 valence electrons. The van der Waals surface area contributed by atoms with Crippen molar-refractivity contribution in [2.24, 2.45) is 5.73 Å². The van der Waals surface area contributed by atoms with Crippen molar-refractivity contribution in [3.05, 3.63) is 0 Å². The fourth-order valence-electron chi connectivity index (χ4n) is 0.206. The molecule has 2 atom stereocenters. The Morgan fingerprint density at radius 1 is 1.67 bits per heavy atom. The van der Waals surface area contributed by atoms with Crippen LogP contribution >= 0.6 is 12.4 Å². The monoisotopic (exact) mass is 155 g/mol. The highest BCUT2D eigenvalue weighted by Crippen LogP contribution is 1.85. The largest absolute Gasteiger partial charge is 0.480 e. The molecule has 0 heterocycles. The minimum absolute atomic E-state index is 0. The summed E-state index contributed by atoms with van der Waals surface area (Å²) in [5.41, 5.74) is 4.91. The molecule has 0 aliphatic carbocycles. The lowest BCUT2D eigenvalue weighted by Gasteiger charge is -2.06. The molecule has 0 aliphatic rings. The van der Waals surface area contributed by atoms with E-state index in [0.29, 0.717) is 0 Å². The van der Waals surface area contributed by atoms with Crippen LogP contribution in [0.3, 0.4) is 0 Å². The molecule has 0 aromatic rings. The van der Waals surface area contributed by atoms with E-state index in [4.69, 9.17) is 15.9 Å². The van der Waals surface area contributed by atoms with Gasteiger partial charge in [0.15, 0.2) is 0 Å². The Balaban J connectivity index is 0. The van der Waals surface area contributed by atoms with E-state index in [1.807, 2.05) is 0 Å². The lowest BCUT2D eigenvalue weighted by atomic mass is 10.2. The van der Waals surface area contributed by atoms with E-state index in [1.54, 1.807) is 0 Å². The Morgan fingerprint density at radius 2 is 2.00 bits per heavy atom. The van der Waals surface area contributed by atoms with Gasteiger partial charge in [0.2, 0.25) is 0 Å². The third-order valence-corrected chi connectivity index (χ3v) is 0.805. The average Bonchev–Trinajstić information content (AvgIpc) is 1.64. The summed E-state index contributed by atoms with van der Waals surface area (Å²) >= 11 is 0. The summed E-state index contributed by atoms with van der Waals surface area (Å²) in [6.07, 6.45) is -0.979. The third kappa shape index (κ3) is 4.20. The summed E-state index contributed by atoms with van der Waals surface area (Å²) < 4.78 is 0. The van der Waals surface area contributed by atoms with Crippen molar-refractivity contribution < 1.29 is 15.0 Å². The van der Waals surface area contributed by atoms with E-state index < -0.39 is 18.1 Å². The van der Waals surface area contributed by atoms with Crippen LogP contribution in [-0.2, 0) is 4.79 Å². The summed E-state index contributed by atoms with van der Waals surface area (Å²) in [6.45, 7) is 1.33. The van der Waals surface area contributed by atoms with E-state index in [2.05, 4.69) is 0 Å². The number of aliphatic carboxylic acids is 1. The Labute approximate surface area is 59.1 Å². The second-order valence-corrected chi connectivity index (χ2v) is 1.60. The highest BCUT2D eigenvalue weighted by atomic mass is 35.5. The molecule has 0 bridgehead atoms. The fraction of sp³-hybridized carbons (Fsp3) is 0.750. The number of halogens is 1. The lowest BCUT2D eigenvalue weighted by Crippen LogP contribution is -2.39. The van der Waals surface area contributed by atoms with Crippen LogP contribution < -0.4 is 5.73 Å². The van der Waals surface area contributed by atoms with Gasteiger partial charge < -0.3 is 15.9 Å². The Hall–Kier alpha value is -0.320. The quantitative estimate of drug-likeness (QED) is 0.488. The van der Waals surface area contributed by atoms with Gasteiger partial charge in [0, 0.05) is 0 Å². The van der Waals surface area contributed by atoms with Crippen LogP contribution in [-0.4, -0.2) is 28.3 Å². The summed E-state index contributed by atoms with van der Waals surface area (Å²) in [7, 11) is 0. The number of nitrogens with two attached hydrogens (primary N) is 1. The SMILES string of the molecule is CC(O)C(N)C(=O)O.Cl. The van der Waals surface area contributed by atoms with Crippen LogP contribution in [0.4, 0.5) is 0 Å². The van der Waals surface area contributed by atoms with E-state index in [9.17, 15) is 4.79 Å². The van der Waals surface area contributed by atoms with Gasteiger partial charge in [-0.15, -0.1) is 12.4 Å². The zero-order valence-electron chi connectivity index (χ0n) is 4.94. The number of carboxylic acid groups (broad SMARTS) is 1. The van der Waals surface area contributed by atoms with Gasteiger partial charge in [0.1, 0.15) is 6.04 Å². The fourth-order valence-corrected chi connectivity index (χ4v) is 0.206. The lowest BCUT2D eigenvalue weighted by molar-refractivity contribution is -0.140. The minimum atomic E-state index is -1.18. The molecule has 4 nitrogen and oxygen atoms in total. The highest BCUT2D eigenvalue weighted by Gasteiger charge is 2.16. The predicted molar refractivity (Wildman–Crippen MR) is 34.5 cm³/mol. The van der Waals surface area contributed by atoms with Crippen molar-refractivity contribution in [2.75, 3.05) is 0 Å². The Morgan fingerprint density at radius 3 is 2.00 bits per heavy atom. The first-order valence-corrected chi connectivity index (χ1v) is 2.22. The first-order valence-electron chi connectivity index (χ1n) is 2.22. The number of carboxylic acids is 1. The maximum atomic E-state index is 9.86. The second kappa shape index (κ2) is 4.55. The van der Waals surface area contributed by atoms with Crippen molar-refractivity contribution in [1.82, 2.24) is 0 Å². The maximum Gasteiger partial charge on any atom is 0.323 e. The van der Waals surface area contributed by atoms with Gasteiger partial charge >= 0.3 is 5.97 Å². The van der Waals surface area contributed by atoms with E-state index in [1.165, 1.54) is 6.92 Å². The maximum absolute atomic E-state index is 9.86. The topological polar surface area (TPSA) is 83.5 Å². The second-order valence-electron chi connectivity index (χ2n) is 1.60. The molecule has 0 amide bonds. The van der Waals surface area contributed by atoms with Gasteiger partial charge in [0.25, 0.3) is 0 Å². The summed E-state index contributed by atoms with van der Waals surface area (Å²) in [4.78, 5) is 9.86. The molecule has 0 radical (unpaired) electrons. The molecular formula is C4H10ClNO3. The number of hydrogen-bond acceptors (Lipinski definition) is 3. The molecule has 4 N–H and O–H groups in total. The van der Waals surface area contributed by atoms with Crippen LogP contribution in [0.5, 0.6) is 0 Å². The molecule has 5 heteroatoms. The van der Waals surface area contributed by atoms with Crippen LogP contribution in [0.1, 0.15) is 6.92 Å². The molecule has 0 aromatic carbocycles. The van der Waals surface area contributed by atoms with E-state index in [-0.39, 0.29) is 12.4 Å². The molecule has 0 rings (SSSR count). The molecule has 0 saturated heterocycles. The molecule has 0 aliphatic heterocycles. The molecule has 0 aromatic heterocycles. The molecule has 0 spiro atoms. The van der Waals surface area contributed by atoms with Crippen LogP contribution in [0.25, 0.3) is 0 Å². The van der Waals surface area contributed by atoms with E-state index in [0.717, 1.165) is 0 Å². The Kier molecular flexibility index (Phi) is 5.80. The summed E-state index contributed by atoms with van der Waals surface area (Å²) in [6, 6.07) is -1.16. The first-order chi connectivity index (χ1) is 3.55. The zero-order valence-corrected chi connectivity index (χ0v) is 5.76. The van der Waals surface area contributed by atoms with Crippen molar-refractivity contribution in [2.45, 2.75) is 19.1 Å². The molecule has 2 unspecified atom stereocenters. The predicted octanol–water partition coefficient (Wildman–Crippen LogP) is -0.799. The number of rotatable bonds is 2. The minimum Gasteiger partial charge on any atom is -0.480 e. The number of aliphatic hydroxyl groups excluding tert-OH is 1. The van der Waals surface area contributed by atoms with Crippen molar-refractivity contribution in [3.63, 3.8) is 0 Å². The number of aliphatic hydroxyl groups is 1. The van der Waals surface area contributed by atoms with Crippen molar-refractivity contribution >= 4 is 18.4 Å². The number of hydrogen-bond donors (Lipinski definition) is 3. The molecule has 0 fully saturated rings. The van der Waals surface area contributed by atoms with Crippen LogP contribution in [0.15, 0.2) is 0 Å². The highest BCUT2D eigenvalue weighted by molar-refractivity contribution is 5.85. The van der Waals surface area contributed by atoms with Crippen LogP contribution in [0.2, 0.25) is 0 Å². The Bertz CT molecular complexity index is 95.8. The third-order valence-electron chi connectivity index (χ3n) is 0.805. The van der Waals surface area contributed by atoms with Crippen LogP contribution in [0, 0.1) is 0 Å². The van der Waals surface area contributed by atoms with Gasteiger partial charge in [-0.05, 0) is 6.92 Å².